The molecule has 1 aromatic heterocycles. The molecule has 0 saturated heterocycles. The second kappa shape index (κ2) is 4.46. The smallest absolute Gasteiger partial charge is 0.148 e. The maximum atomic E-state index is 5.56. The first kappa shape index (κ1) is 11.0. The summed E-state index contributed by atoms with van der Waals surface area (Å²) in [6.45, 7) is 7.63. The van der Waals surface area contributed by atoms with Gasteiger partial charge in [-0.2, -0.15) is 5.10 Å². The Morgan fingerprint density at radius 3 is 2.71 bits per heavy atom. The van der Waals surface area contributed by atoms with Gasteiger partial charge < -0.3 is 10.1 Å². The third-order valence-corrected chi connectivity index (χ3v) is 1.66. The van der Waals surface area contributed by atoms with Gasteiger partial charge in [0.2, 0.25) is 0 Å². The van der Waals surface area contributed by atoms with E-state index in [-0.39, 0.29) is 5.60 Å². The molecule has 1 N–H and O–H groups in total. The zero-order valence-corrected chi connectivity index (χ0v) is 9.37. The van der Waals surface area contributed by atoms with Crippen LogP contribution < -0.4 is 5.32 Å². The summed E-state index contributed by atoms with van der Waals surface area (Å²) in [4.78, 5) is 0. The number of nitrogens with zero attached hydrogens (tertiary/aromatic N) is 2. The van der Waals surface area contributed by atoms with Crippen LogP contribution in [0.4, 0.5) is 5.82 Å². The Kier molecular flexibility index (Phi) is 3.52. The lowest BCUT2D eigenvalue weighted by molar-refractivity contribution is 0.00331. The monoisotopic (exact) mass is 197 g/mol. The van der Waals surface area contributed by atoms with Crippen molar-refractivity contribution in [3.8, 4) is 0 Å². The first-order valence-corrected chi connectivity index (χ1v) is 4.85. The first-order chi connectivity index (χ1) is 6.47. The van der Waals surface area contributed by atoms with E-state index in [0.717, 1.165) is 12.4 Å². The average molecular weight is 197 g/mol. The minimum absolute atomic E-state index is 0.0637. The van der Waals surface area contributed by atoms with Crippen LogP contribution in [0, 0.1) is 0 Å². The van der Waals surface area contributed by atoms with E-state index < -0.39 is 0 Å². The summed E-state index contributed by atoms with van der Waals surface area (Å²) < 4.78 is 7.33. The molecule has 0 fully saturated rings. The maximum Gasteiger partial charge on any atom is 0.148 e. The lowest BCUT2D eigenvalue weighted by Crippen LogP contribution is -2.23. The van der Waals surface area contributed by atoms with Crippen LogP contribution in [0.15, 0.2) is 12.3 Å². The van der Waals surface area contributed by atoms with Gasteiger partial charge in [-0.3, -0.25) is 4.68 Å². The Bertz CT molecular complexity index is 275. The average Bonchev–Trinajstić information content (AvgIpc) is 2.44. The molecule has 0 aromatic carbocycles. The van der Waals surface area contributed by atoms with E-state index in [4.69, 9.17) is 4.74 Å². The Labute approximate surface area is 85.3 Å². The third kappa shape index (κ3) is 4.28. The second-order valence-electron chi connectivity index (χ2n) is 4.26. The highest BCUT2D eigenvalue weighted by Crippen LogP contribution is 2.06. The molecule has 0 radical (unpaired) electrons. The van der Waals surface area contributed by atoms with Gasteiger partial charge in [-0.25, -0.2) is 0 Å². The highest BCUT2D eigenvalue weighted by Gasteiger charge is 2.08. The topological polar surface area (TPSA) is 39.1 Å². The highest BCUT2D eigenvalue weighted by molar-refractivity contribution is 5.31. The largest absolute Gasteiger partial charge is 0.374 e. The van der Waals surface area contributed by atoms with Crippen LogP contribution in [-0.4, -0.2) is 28.5 Å². The number of hydrogen-bond donors (Lipinski definition) is 1. The molecule has 0 amide bonds. The van der Waals surface area contributed by atoms with Gasteiger partial charge in [-0.1, -0.05) is 0 Å². The van der Waals surface area contributed by atoms with Crippen molar-refractivity contribution in [2.75, 3.05) is 18.5 Å². The third-order valence-electron chi connectivity index (χ3n) is 1.66. The molecule has 14 heavy (non-hydrogen) atoms. The molecule has 0 aliphatic rings. The molecule has 80 valence electrons. The summed E-state index contributed by atoms with van der Waals surface area (Å²) >= 11 is 0. The molecule has 1 aromatic rings. The molecule has 0 aliphatic heterocycles. The summed E-state index contributed by atoms with van der Waals surface area (Å²) in [5.41, 5.74) is -0.0637. The van der Waals surface area contributed by atoms with Crippen molar-refractivity contribution in [3.63, 3.8) is 0 Å². The van der Waals surface area contributed by atoms with Crippen LogP contribution in [0.3, 0.4) is 0 Å². The summed E-state index contributed by atoms with van der Waals surface area (Å²) in [6, 6.07) is 1.94. The van der Waals surface area contributed by atoms with Crippen LogP contribution in [0.5, 0.6) is 0 Å². The van der Waals surface area contributed by atoms with E-state index in [1.165, 1.54) is 0 Å². The maximum absolute atomic E-state index is 5.56. The first-order valence-electron chi connectivity index (χ1n) is 4.85. The van der Waals surface area contributed by atoms with Gasteiger partial charge in [-0.05, 0) is 20.8 Å². The molecule has 0 unspecified atom stereocenters. The number of rotatable bonds is 4. The van der Waals surface area contributed by atoms with Gasteiger partial charge >= 0.3 is 0 Å². The van der Waals surface area contributed by atoms with E-state index >= 15 is 0 Å². The zero-order chi connectivity index (χ0) is 10.6. The molecular formula is C10H19N3O. The van der Waals surface area contributed by atoms with Crippen LogP contribution in [0.25, 0.3) is 0 Å². The van der Waals surface area contributed by atoms with Gasteiger partial charge in [0, 0.05) is 25.9 Å². The van der Waals surface area contributed by atoms with Gasteiger partial charge in [0.25, 0.3) is 0 Å². The zero-order valence-electron chi connectivity index (χ0n) is 9.37. The van der Waals surface area contributed by atoms with Crippen molar-refractivity contribution in [1.82, 2.24) is 9.78 Å². The van der Waals surface area contributed by atoms with Crippen molar-refractivity contribution >= 4 is 5.82 Å². The van der Waals surface area contributed by atoms with Crippen LogP contribution >= 0.6 is 0 Å². The van der Waals surface area contributed by atoms with E-state index in [0.29, 0.717) is 6.61 Å². The minimum atomic E-state index is -0.0637. The lowest BCUT2D eigenvalue weighted by Gasteiger charge is -2.19. The quantitative estimate of drug-likeness (QED) is 0.746. The Hall–Kier alpha value is -1.03. The molecule has 0 saturated carbocycles. The van der Waals surface area contributed by atoms with Gasteiger partial charge in [0.15, 0.2) is 0 Å². The van der Waals surface area contributed by atoms with Crippen molar-refractivity contribution in [2.45, 2.75) is 26.4 Å². The number of nitrogens with one attached hydrogen (secondary N) is 1. The molecule has 1 rings (SSSR count). The van der Waals surface area contributed by atoms with E-state index in [2.05, 4.69) is 10.4 Å². The summed E-state index contributed by atoms with van der Waals surface area (Å²) in [7, 11) is 1.90. The normalized spacial score (nSPS) is 11.7. The van der Waals surface area contributed by atoms with E-state index in [1.54, 1.807) is 4.68 Å². The predicted octanol–water partition coefficient (Wildman–Crippen LogP) is 1.65. The van der Waals surface area contributed by atoms with Crippen LogP contribution in [0.2, 0.25) is 0 Å². The number of ether oxygens (including phenoxy) is 1. The fourth-order valence-electron chi connectivity index (χ4n) is 1.05. The van der Waals surface area contributed by atoms with Crippen LogP contribution in [0.1, 0.15) is 20.8 Å². The molecule has 1 heterocycles. The predicted molar refractivity (Wildman–Crippen MR) is 57.4 cm³/mol. The molecule has 4 nitrogen and oxygen atoms in total. The van der Waals surface area contributed by atoms with Crippen molar-refractivity contribution in [3.05, 3.63) is 12.3 Å². The molecule has 0 atom stereocenters. The summed E-state index contributed by atoms with van der Waals surface area (Å²) in [6.07, 6.45) is 1.91. The standard InChI is InChI=1S/C10H19N3O/c1-10(2,3)14-8-6-11-9-5-7-13(4)12-9/h5,7H,6,8H2,1-4H3,(H,11,12). The van der Waals surface area contributed by atoms with Gasteiger partial charge in [0.05, 0.1) is 12.2 Å². The number of anilines is 1. The molecule has 4 heteroatoms. The Balaban J connectivity index is 2.16. The molecule has 0 aliphatic carbocycles. The van der Waals surface area contributed by atoms with Crippen molar-refractivity contribution in [1.29, 1.82) is 0 Å². The molecule has 0 bridgehead atoms. The van der Waals surface area contributed by atoms with E-state index in [9.17, 15) is 0 Å². The SMILES string of the molecule is Cn1ccc(NCCOC(C)(C)C)n1. The van der Waals surface area contributed by atoms with Gasteiger partial charge in [-0.15, -0.1) is 0 Å². The van der Waals surface area contributed by atoms with Crippen molar-refractivity contribution < 1.29 is 4.74 Å². The lowest BCUT2D eigenvalue weighted by atomic mass is 10.2. The molecular weight excluding hydrogens is 178 g/mol. The Morgan fingerprint density at radius 2 is 2.21 bits per heavy atom. The number of aromatic nitrogens is 2. The minimum Gasteiger partial charge on any atom is -0.374 e. The fourth-order valence-corrected chi connectivity index (χ4v) is 1.05. The second-order valence-corrected chi connectivity index (χ2v) is 4.26. The van der Waals surface area contributed by atoms with Crippen molar-refractivity contribution in [2.24, 2.45) is 7.05 Å². The highest BCUT2D eigenvalue weighted by atomic mass is 16.5. The Morgan fingerprint density at radius 1 is 1.50 bits per heavy atom. The number of hydrogen-bond acceptors (Lipinski definition) is 3. The van der Waals surface area contributed by atoms with Gasteiger partial charge in [0.1, 0.15) is 5.82 Å². The fraction of sp³-hybridized carbons (Fsp3) is 0.700. The molecule has 0 spiro atoms. The summed E-state index contributed by atoms with van der Waals surface area (Å²) in [5, 5.41) is 7.38. The number of aryl methyl sites for hydroxylation is 1. The summed E-state index contributed by atoms with van der Waals surface area (Å²) in [5.74, 6) is 0.894. The van der Waals surface area contributed by atoms with Crippen LogP contribution in [-0.2, 0) is 11.8 Å². The van der Waals surface area contributed by atoms with E-state index in [1.807, 2.05) is 40.1 Å².